The number of hydrogen-bond acceptors (Lipinski definition) is 5. The molecule has 0 amide bonds. The summed E-state index contributed by atoms with van der Waals surface area (Å²) >= 11 is 0. The van der Waals surface area contributed by atoms with Gasteiger partial charge in [0, 0.05) is 17.3 Å². The SMILES string of the molecule is CC(C)(C)C(=O)OCC(=O)C1CCC2C3CCC4=CC(=O)C=CC4(C)C3C(O)CC12C. The summed E-state index contributed by atoms with van der Waals surface area (Å²) in [7, 11) is 0. The summed E-state index contributed by atoms with van der Waals surface area (Å²) in [5, 5.41) is 11.4. The van der Waals surface area contributed by atoms with Gasteiger partial charge in [-0.25, -0.2) is 0 Å². The second-order valence-electron chi connectivity index (χ2n) is 11.7. The van der Waals surface area contributed by atoms with E-state index in [1.807, 2.05) is 6.08 Å². The molecular weight excluding hydrogens is 392 g/mol. The molecule has 0 spiro atoms. The number of hydrogen-bond donors (Lipinski definition) is 1. The van der Waals surface area contributed by atoms with Gasteiger partial charge in [0.2, 0.25) is 0 Å². The Morgan fingerprint density at radius 3 is 2.58 bits per heavy atom. The molecule has 31 heavy (non-hydrogen) atoms. The third-order valence-corrected chi connectivity index (χ3v) is 8.84. The van der Waals surface area contributed by atoms with E-state index < -0.39 is 11.5 Å². The Morgan fingerprint density at radius 2 is 1.90 bits per heavy atom. The molecule has 0 saturated heterocycles. The number of ketones is 2. The molecule has 3 saturated carbocycles. The molecule has 5 nitrogen and oxygen atoms in total. The van der Waals surface area contributed by atoms with E-state index in [2.05, 4.69) is 13.8 Å². The molecular formula is C26H36O5. The van der Waals surface area contributed by atoms with E-state index >= 15 is 0 Å². The number of esters is 1. The molecule has 4 aliphatic carbocycles. The summed E-state index contributed by atoms with van der Waals surface area (Å²) in [5.41, 5.74) is -0.0584. The van der Waals surface area contributed by atoms with E-state index in [9.17, 15) is 19.5 Å². The van der Waals surface area contributed by atoms with Gasteiger partial charge >= 0.3 is 5.97 Å². The fourth-order valence-corrected chi connectivity index (χ4v) is 7.31. The van der Waals surface area contributed by atoms with Gasteiger partial charge in [0.1, 0.15) is 6.61 Å². The summed E-state index contributed by atoms with van der Waals surface area (Å²) in [6.45, 7) is 9.49. The number of carbonyl (C=O) groups is 3. The minimum atomic E-state index is -0.631. The Labute approximate surface area is 185 Å². The van der Waals surface area contributed by atoms with Gasteiger partial charge in [-0.05, 0) is 82.3 Å². The van der Waals surface area contributed by atoms with Crippen LogP contribution in [0.4, 0.5) is 0 Å². The summed E-state index contributed by atoms with van der Waals surface area (Å²) in [6, 6.07) is 0. The van der Waals surface area contributed by atoms with Crippen LogP contribution in [0.15, 0.2) is 23.8 Å². The van der Waals surface area contributed by atoms with Crippen LogP contribution in [-0.4, -0.2) is 35.4 Å². The maximum Gasteiger partial charge on any atom is 0.311 e. The molecule has 0 aromatic heterocycles. The van der Waals surface area contributed by atoms with E-state index in [1.54, 1.807) is 32.9 Å². The Morgan fingerprint density at radius 1 is 1.19 bits per heavy atom. The lowest BCUT2D eigenvalue weighted by Crippen LogP contribution is -2.56. The molecule has 0 heterocycles. The van der Waals surface area contributed by atoms with Crippen molar-refractivity contribution in [2.45, 2.75) is 72.8 Å². The lowest BCUT2D eigenvalue weighted by atomic mass is 9.46. The highest BCUT2D eigenvalue weighted by molar-refractivity contribution is 6.01. The van der Waals surface area contributed by atoms with Gasteiger partial charge in [0.05, 0.1) is 11.5 Å². The molecule has 0 aliphatic heterocycles. The molecule has 5 heteroatoms. The highest BCUT2D eigenvalue weighted by atomic mass is 16.5. The predicted octanol–water partition coefficient (Wildman–Crippen LogP) is 4.04. The molecule has 0 bridgehead atoms. The van der Waals surface area contributed by atoms with Crippen molar-refractivity contribution in [2.75, 3.05) is 6.61 Å². The van der Waals surface area contributed by atoms with Crippen LogP contribution in [0, 0.1) is 39.9 Å². The average molecular weight is 429 g/mol. The zero-order valence-corrected chi connectivity index (χ0v) is 19.4. The normalized spacial score (nSPS) is 41.7. The number of Topliss-reactive ketones (excluding diaryl/α,β-unsaturated/α-hetero) is 1. The number of fused-ring (bicyclic) bond motifs is 5. The Kier molecular flexibility index (Phi) is 5.36. The smallest absolute Gasteiger partial charge is 0.311 e. The van der Waals surface area contributed by atoms with Crippen LogP contribution in [0.3, 0.4) is 0 Å². The van der Waals surface area contributed by atoms with Crippen molar-refractivity contribution in [1.29, 1.82) is 0 Å². The quantitative estimate of drug-likeness (QED) is 0.686. The first-order chi connectivity index (χ1) is 14.4. The molecule has 7 unspecified atom stereocenters. The molecule has 0 aromatic carbocycles. The van der Waals surface area contributed by atoms with Crippen molar-refractivity contribution < 1.29 is 24.2 Å². The van der Waals surface area contributed by atoms with Crippen LogP contribution in [0.5, 0.6) is 0 Å². The maximum atomic E-state index is 13.1. The van der Waals surface area contributed by atoms with Crippen LogP contribution in [0.25, 0.3) is 0 Å². The Bertz CT molecular complexity index is 862. The molecule has 0 aromatic rings. The van der Waals surface area contributed by atoms with E-state index in [0.29, 0.717) is 18.3 Å². The Balaban J connectivity index is 1.55. The van der Waals surface area contributed by atoms with Crippen molar-refractivity contribution in [2.24, 2.45) is 39.9 Å². The van der Waals surface area contributed by atoms with Crippen LogP contribution in [0.2, 0.25) is 0 Å². The number of aliphatic hydroxyl groups excluding tert-OH is 1. The number of ether oxygens (including phenoxy) is 1. The maximum absolute atomic E-state index is 13.1. The Hall–Kier alpha value is -1.75. The van der Waals surface area contributed by atoms with E-state index in [1.165, 1.54) is 0 Å². The van der Waals surface area contributed by atoms with Crippen LogP contribution < -0.4 is 0 Å². The van der Waals surface area contributed by atoms with Gasteiger partial charge in [-0.1, -0.05) is 25.5 Å². The summed E-state index contributed by atoms with van der Waals surface area (Å²) in [6.07, 6.45) is 9.05. The van der Waals surface area contributed by atoms with Crippen LogP contribution in [0.1, 0.15) is 66.7 Å². The molecule has 1 N–H and O–H groups in total. The molecule has 3 fully saturated rings. The third-order valence-electron chi connectivity index (χ3n) is 8.84. The zero-order chi connectivity index (χ0) is 22.8. The fraction of sp³-hybridized carbons (Fsp3) is 0.731. The predicted molar refractivity (Wildman–Crippen MR) is 117 cm³/mol. The number of rotatable bonds is 3. The first kappa shape index (κ1) is 22.4. The van der Waals surface area contributed by atoms with Crippen LogP contribution in [-0.2, 0) is 19.1 Å². The lowest BCUT2D eigenvalue weighted by molar-refractivity contribution is -0.159. The first-order valence-electron chi connectivity index (χ1n) is 11.7. The summed E-state index contributed by atoms with van der Waals surface area (Å²) in [5.74, 6) is 0.233. The van der Waals surface area contributed by atoms with Gasteiger partial charge in [-0.3, -0.25) is 14.4 Å². The minimum absolute atomic E-state index is 0.0148. The standard InChI is InChI=1S/C26H36O5/c1-24(2,3)23(30)31-14-21(29)19-9-8-18-17-7-6-15-12-16(27)10-11-25(15,4)22(17)20(28)13-26(18,19)5/h10-12,17-20,22,28H,6-9,13-14H2,1-5H3. The van der Waals surface area contributed by atoms with Crippen molar-refractivity contribution in [3.8, 4) is 0 Å². The largest absolute Gasteiger partial charge is 0.457 e. The van der Waals surface area contributed by atoms with E-state index in [4.69, 9.17) is 4.74 Å². The van der Waals surface area contributed by atoms with Gasteiger partial charge < -0.3 is 9.84 Å². The van der Waals surface area contributed by atoms with Crippen molar-refractivity contribution in [3.63, 3.8) is 0 Å². The van der Waals surface area contributed by atoms with Gasteiger partial charge in [0.15, 0.2) is 11.6 Å². The lowest BCUT2D eigenvalue weighted by Gasteiger charge is -2.58. The highest BCUT2D eigenvalue weighted by Crippen LogP contribution is 2.66. The number of allylic oxidation sites excluding steroid dienone is 4. The van der Waals surface area contributed by atoms with E-state index in [0.717, 1.165) is 31.3 Å². The molecule has 7 atom stereocenters. The zero-order valence-electron chi connectivity index (χ0n) is 19.4. The second-order valence-corrected chi connectivity index (χ2v) is 11.7. The molecule has 4 rings (SSSR count). The number of aliphatic hydroxyl groups is 1. The monoisotopic (exact) mass is 428 g/mol. The third kappa shape index (κ3) is 3.53. The fourth-order valence-electron chi connectivity index (χ4n) is 7.31. The molecule has 0 radical (unpaired) electrons. The van der Waals surface area contributed by atoms with Crippen molar-refractivity contribution in [1.82, 2.24) is 0 Å². The van der Waals surface area contributed by atoms with Crippen molar-refractivity contribution in [3.05, 3.63) is 23.8 Å². The molecule has 4 aliphatic rings. The summed E-state index contributed by atoms with van der Waals surface area (Å²) < 4.78 is 5.34. The number of carbonyl (C=O) groups excluding carboxylic acids is 3. The summed E-state index contributed by atoms with van der Waals surface area (Å²) in [4.78, 5) is 37.2. The topological polar surface area (TPSA) is 80.7 Å². The first-order valence-corrected chi connectivity index (χ1v) is 11.7. The van der Waals surface area contributed by atoms with Gasteiger partial charge in [-0.15, -0.1) is 0 Å². The van der Waals surface area contributed by atoms with Gasteiger partial charge in [-0.2, -0.15) is 0 Å². The van der Waals surface area contributed by atoms with Gasteiger partial charge in [0.25, 0.3) is 0 Å². The van der Waals surface area contributed by atoms with Crippen molar-refractivity contribution >= 4 is 17.5 Å². The van der Waals surface area contributed by atoms with Crippen LogP contribution >= 0.6 is 0 Å². The van der Waals surface area contributed by atoms with E-state index in [-0.39, 0.29) is 46.8 Å². The highest BCUT2D eigenvalue weighted by Gasteiger charge is 2.62. The average Bonchev–Trinajstić information content (AvgIpc) is 3.01. The second kappa shape index (κ2) is 7.40. The molecule has 170 valence electrons. The minimum Gasteiger partial charge on any atom is -0.457 e.